The molecule has 3 aromatic carbocycles. The lowest BCUT2D eigenvalue weighted by atomic mass is 9.97. The summed E-state index contributed by atoms with van der Waals surface area (Å²) in [5, 5.41) is 6.09. The molecule has 32 heavy (non-hydrogen) atoms. The third kappa shape index (κ3) is 4.12. The molecule has 0 saturated heterocycles. The zero-order chi connectivity index (χ0) is 22.1. The number of carbonyl (C=O) groups excluding carboxylic acids is 2. The highest BCUT2D eigenvalue weighted by atomic mass is 16.2. The number of hydrogen-bond donors (Lipinski definition) is 3. The Morgan fingerprint density at radius 3 is 2.59 bits per heavy atom. The van der Waals surface area contributed by atoms with Gasteiger partial charge < -0.3 is 15.6 Å². The summed E-state index contributed by atoms with van der Waals surface area (Å²) in [5.74, 6) is 0.317. The first-order valence-electron chi connectivity index (χ1n) is 10.8. The number of rotatable bonds is 6. The number of hydrogen-bond acceptors (Lipinski definition) is 3. The summed E-state index contributed by atoms with van der Waals surface area (Å²) < 4.78 is 0. The van der Waals surface area contributed by atoms with Gasteiger partial charge in [-0.2, -0.15) is 0 Å². The normalized spacial score (nSPS) is 18.2. The van der Waals surface area contributed by atoms with Gasteiger partial charge in [0.1, 0.15) is 0 Å². The molecule has 6 nitrogen and oxygen atoms in total. The van der Waals surface area contributed by atoms with Gasteiger partial charge in [-0.15, -0.1) is 0 Å². The largest absolute Gasteiger partial charge is 0.345 e. The van der Waals surface area contributed by atoms with Gasteiger partial charge >= 0.3 is 0 Å². The zero-order valence-electron chi connectivity index (χ0n) is 17.7. The molecule has 5 rings (SSSR count). The standard InChI is InChI=1S/C26H24N4O2/c1-16-12-21(16)26(32)29-20-9-5-8-19(13-20)25(31)30-24(17-6-3-2-4-7-17)18-10-11-22-23(14-18)28-15-27-22/h2-11,13-16,21,24H,12H2,1H3,(H,27,28)(H,29,32)(H,30,31). The van der Waals surface area contributed by atoms with Crippen LogP contribution in [0, 0.1) is 11.8 Å². The Bertz CT molecular complexity index is 1280. The van der Waals surface area contributed by atoms with Crippen molar-refractivity contribution in [3.05, 3.63) is 95.8 Å². The number of benzene rings is 3. The summed E-state index contributed by atoms with van der Waals surface area (Å²) in [7, 11) is 0. The van der Waals surface area contributed by atoms with Gasteiger partial charge in [-0.1, -0.05) is 49.4 Å². The van der Waals surface area contributed by atoms with Crippen LogP contribution in [0.25, 0.3) is 11.0 Å². The molecule has 160 valence electrons. The zero-order valence-corrected chi connectivity index (χ0v) is 17.7. The van der Waals surface area contributed by atoms with Crippen LogP contribution in [0.1, 0.15) is 40.9 Å². The van der Waals surface area contributed by atoms with E-state index in [1.165, 1.54) is 0 Å². The van der Waals surface area contributed by atoms with Gasteiger partial charge in [-0.25, -0.2) is 4.98 Å². The van der Waals surface area contributed by atoms with E-state index in [0.29, 0.717) is 17.2 Å². The van der Waals surface area contributed by atoms with Crippen LogP contribution in [0.15, 0.2) is 79.1 Å². The van der Waals surface area contributed by atoms with Crippen LogP contribution in [0.2, 0.25) is 0 Å². The van der Waals surface area contributed by atoms with E-state index in [1.807, 2.05) is 54.6 Å². The highest BCUT2D eigenvalue weighted by Gasteiger charge is 2.39. The number of imidazole rings is 1. The predicted octanol–water partition coefficient (Wildman–Crippen LogP) is 4.68. The third-order valence-electron chi connectivity index (χ3n) is 6.02. The second-order valence-electron chi connectivity index (χ2n) is 8.39. The summed E-state index contributed by atoms with van der Waals surface area (Å²) in [6.45, 7) is 2.07. The lowest BCUT2D eigenvalue weighted by Gasteiger charge is -2.20. The first kappa shape index (κ1) is 20.0. The lowest BCUT2D eigenvalue weighted by molar-refractivity contribution is -0.117. The van der Waals surface area contributed by atoms with Crippen molar-refractivity contribution < 1.29 is 9.59 Å². The minimum absolute atomic E-state index is 0.0186. The lowest BCUT2D eigenvalue weighted by Crippen LogP contribution is -2.29. The maximum Gasteiger partial charge on any atom is 0.252 e. The Morgan fingerprint density at radius 2 is 1.81 bits per heavy atom. The quantitative estimate of drug-likeness (QED) is 0.420. The smallest absolute Gasteiger partial charge is 0.252 e. The molecule has 1 saturated carbocycles. The average Bonchev–Trinajstić information content (AvgIpc) is 3.37. The molecule has 0 bridgehead atoms. The van der Waals surface area contributed by atoms with E-state index in [4.69, 9.17) is 0 Å². The van der Waals surface area contributed by atoms with Crippen LogP contribution >= 0.6 is 0 Å². The molecule has 3 atom stereocenters. The Balaban J connectivity index is 1.40. The average molecular weight is 425 g/mol. The van der Waals surface area contributed by atoms with Gasteiger partial charge in [0.25, 0.3) is 5.91 Å². The summed E-state index contributed by atoms with van der Waals surface area (Å²) in [6, 6.07) is 22.5. The van der Waals surface area contributed by atoms with Gasteiger partial charge in [-0.3, -0.25) is 9.59 Å². The monoisotopic (exact) mass is 424 g/mol. The van der Waals surface area contributed by atoms with Crippen LogP contribution in [0.5, 0.6) is 0 Å². The summed E-state index contributed by atoms with van der Waals surface area (Å²) in [5.41, 5.74) is 4.85. The van der Waals surface area contributed by atoms with Crippen molar-refractivity contribution in [1.82, 2.24) is 15.3 Å². The van der Waals surface area contributed by atoms with Gasteiger partial charge in [0.2, 0.25) is 5.91 Å². The van der Waals surface area contributed by atoms with Crippen LogP contribution in [0.3, 0.4) is 0 Å². The van der Waals surface area contributed by atoms with Crippen molar-refractivity contribution >= 4 is 28.5 Å². The van der Waals surface area contributed by atoms with E-state index >= 15 is 0 Å². The molecular formula is C26H24N4O2. The summed E-state index contributed by atoms with van der Waals surface area (Å²) in [4.78, 5) is 32.9. The number of fused-ring (bicyclic) bond motifs is 1. The molecule has 6 heteroatoms. The van der Waals surface area contributed by atoms with Gasteiger partial charge in [0.05, 0.1) is 23.4 Å². The van der Waals surface area contributed by atoms with Crippen LogP contribution in [-0.2, 0) is 4.79 Å². The summed E-state index contributed by atoms with van der Waals surface area (Å²) in [6.07, 6.45) is 2.58. The van der Waals surface area contributed by atoms with E-state index in [0.717, 1.165) is 28.6 Å². The molecule has 4 aromatic rings. The predicted molar refractivity (Wildman–Crippen MR) is 124 cm³/mol. The maximum atomic E-state index is 13.2. The maximum absolute atomic E-state index is 13.2. The molecule has 0 radical (unpaired) electrons. The highest BCUT2D eigenvalue weighted by Crippen LogP contribution is 2.38. The van der Waals surface area contributed by atoms with Crippen molar-refractivity contribution in [1.29, 1.82) is 0 Å². The number of H-pyrrole nitrogens is 1. The first-order valence-corrected chi connectivity index (χ1v) is 10.8. The van der Waals surface area contributed by atoms with E-state index in [9.17, 15) is 9.59 Å². The second kappa shape index (κ2) is 8.30. The van der Waals surface area contributed by atoms with E-state index < -0.39 is 0 Å². The number of anilines is 1. The molecule has 3 unspecified atom stereocenters. The number of carbonyl (C=O) groups is 2. The molecule has 1 aliphatic rings. The molecule has 1 aliphatic carbocycles. The Labute approximate surface area is 186 Å². The highest BCUT2D eigenvalue weighted by molar-refractivity contribution is 5.98. The van der Waals surface area contributed by atoms with E-state index in [2.05, 4.69) is 27.5 Å². The van der Waals surface area contributed by atoms with Crippen molar-refractivity contribution in [3.8, 4) is 0 Å². The Kier molecular flexibility index (Phi) is 5.19. The third-order valence-corrected chi connectivity index (χ3v) is 6.02. The molecule has 1 aromatic heterocycles. The van der Waals surface area contributed by atoms with Crippen molar-refractivity contribution in [3.63, 3.8) is 0 Å². The van der Waals surface area contributed by atoms with Gasteiger partial charge in [-0.05, 0) is 53.8 Å². The Morgan fingerprint density at radius 1 is 1.00 bits per heavy atom. The van der Waals surface area contributed by atoms with E-state index in [1.54, 1.807) is 24.5 Å². The SMILES string of the molecule is CC1CC1C(=O)Nc1cccc(C(=O)NC(c2ccccc2)c2ccc3nc[nH]c3c2)c1. The van der Waals surface area contributed by atoms with Gasteiger partial charge in [0, 0.05) is 17.2 Å². The fourth-order valence-electron chi connectivity index (χ4n) is 4.01. The molecule has 3 N–H and O–H groups in total. The van der Waals surface area contributed by atoms with Crippen LogP contribution in [-0.4, -0.2) is 21.8 Å². The molecule has 1 heterocycles. The summed E-state index contributed by atoms with van der Waals surface area (Å²) >= 11 is 0. The van der Waals surface area contributed by atoms with Crippen molar-refractivity contribution in [2.24, 2.45) is 11.8 Å². The van der Waals surface area contributed by atoms with Crippen molar-refractivity contribution in [2.45, 2.75) is 19.4 Å². The molecule has 0 spiro atoms. The van der Waals surface area contributed by atoms with Crippen LogP contribution in [0.4, 0.5) is 5.69 Å². The fraction of sp³-hybridized carbons (Fsp3) is 0.192. The fourth-order valence-corrected chi connectivity index (χ4v) is 4.01. The number of nitrogens with zero attached hydrogens (tertiary/aromatic N) is 1. The molecule has 2 amide bonds. The van der Waals surface area contributed by atoms with E-state index in [-0.39, 0.29) is 23.8 Å². The number of amides is 2. The minimum Gasteiger partial charge on any atom is -0.345 e. The van der Waals surface area contributed by atoms with Crippen molar-refractivity contribution in [2.75, 3.05) is 5.32 Å². The molecule has 1 fully saturated rings. The first-order chi connectivity index (χ1) is 15.6. The number of nitrogens with one attached hydrogen (secondary N) is 3. The second-order valence-corrected chi connectivity index (χ2v) is 8.39. The van der Waals surface area contributed by atoms with Crippen LogP contribution < -0.4 is 10.6 Å². The molecule has 0 aliphatic heterocycles. The molecular weight excluding hydrogens is 400 g/mol. The Hall–Kier alpha value is -3.93. The topological polar surface area (TPSA) is 86.9 Å². The van der Waals surface area contributed by atoms with Gasteiger partial charge in [0.15, 0.2) is 0 Å². The number of aromatic amines is 1. The minimum atomic E-state index is -0.332. The number of aromatic nitrogens is 2.